The summed E-state index contributed by atoms with van der Waals surface area (Å²) in [7, 11) is -2.71. The minimum absolute atomic E-state index is 0.373. The van der Waals surface area contributed by atoms with Gasteiger partial charge >= 0.3 is 0 Å². The number of thiophene rings is 1. The molecule has 0 radical (unpaired) electrons. The average Bonchev–Trinajstić information content (AvgIpc) is 2.73. The van der Waals surface area contributed by atoms with Gasteiger partial charge in [0.25, 0.3) is 0 Å². The summed E-state index contributed by atoms with van der Waals surface area (Å²) in [6.07, 6.45) is 1.64. The van der Waals surface area contributed by atoms with Gasteiger partial charge in [0.2, 0.25) is 0 Å². The summed E-state index contributed by atoms with van der Waals surface area (Å²) in [6, 6.07) is 4.16. The summed E-state index contributed by atoms with van der Waals surface area (Å²) in [6.45, 7) is 1.84. The maximum atomic E-state index is 11.2. The van der Waals surface area contributed by atoms with Gasteiger partial charge in [-0.1, -0.05) is 6.07 Å². The zero-order valence-corrected chi connectivity index (χ0v) is 10.8. The highest BCUT2D eigenvalue weighted by Gasteiger charge is 2.22. The lowest BCUT2D eigenvalue weighted by molar-refractivity contribution is 0.433. The molecule has 0 saturated carbocycles. The van der Waals surface area contributed by atoms with Gasteiger partial charge in [0.15, 0.2) is 0 Å². The minimum Gasteiger partial charge on any atom is -0.312 e. The molecule has 1 N–H and O–H groups in total. The SMILES string of the molecule is O=S1(=O)CCC(CNCc2cccs2)CC1. The normalized spacial score (nSPS) is 21.0. The predicted octanol–water partition coefficient (Wildman–Crippen LogP) is 1.66. The van der Waals surface area contributed by atoms with Gasteiger partial charge in [0.05, 0.1) is 11.5 Å². The van der Waals surface area contributed by atoms with E-state index in [1.54, 1.807) is 11.3 Å². The van der Waals surface area contributed by atoms with Crippen molar-refractivity contribution in [3.8, 4) is 0 Å². The third-order valence-electron chi connectivity index (χ3n) is 2.99. The van der Waals surface area contributed by atoms with Crippen molar-refractivity contribution < 1.29 is 8.42 Å². The standard InChI is InChI=1S/C11H17NO2S2/c13-16(14)6-3-10(4-7-16)8-12-9-11-2-1-5-15-11/h1-2,5,10,12H,3-4,6-9H2. The van der Waals surface area contributed by atoms with Crippen LogP contribution < -0.4 is 5.32 Å². The molecular weight excluding hydrogens is 242 g/mol. The molecule has 16 heavy (non-hydrogen) atoms. The van der Waals surface area contributed by atoms with E-state index in [9.17, 15) is 8.42 Å². The molecule has 1 saturated heterocycles. The Labute approximate surface area is 101 Å². The highest BCUT2D eigenvalue weighted by Crippen LogP contribution is 2.18. The third-order valence-corrected chi connectivity index (χ3v) is 5.58. The quantitative estimate of drug-likeness (QED) is 0.894. The van der Waals surface area contributed by atoms with Gasteiger partial charge in [-0.3, -0.25) is 0 Å². The number of rotatable bonds is 4. The van der Waals surface area contributed by atoms with E-state index < -0.39 is 9.84 Å². The highest BCUT2D eigenvalue weighted by atomic mass is 32.2. The molecule has 2 heterocycles. The lowest BCUT2D eigenvalue weighted by Crippen LogP contribution is -2.30. The van der Waals surface area contributed by atoms with Gasteiger partial charge in [0, 0.05) is 11.4 Å². The summed E-state index contributed by atoms with van der Waals surface area (Å²) < 4.78 is 22.5. The van der Waals surface area contributed by atoms with Crippen LogP contribution in [0.1, 0.15) is 17.7 Å². The summed E-state index contributed by atoms with van der Waals surface area (Å²) >= 11 is 1.75. The fraction of sp³-hybridized carbons (Fsp3) is 0.636. The third kappa shape index (κ3) is 3.57. The zero-order valence-electron chi connectivity index (χ0n) is 9.19. The van der Waals surface area contributed by atoms with E-state index in [1.807, 2.05) is 0 Å². The fourth-order valence-electron chi connectivity index (χ4n) is 1.96. The fourth-order valence-corrected chi connectivity index (χ4v) is 4.22. The second kappa shape index (κ2) is 5.29. The number of hydrogen-bond donors (Lipinski definition) is 1. The molecule has 1 aromatic rings. The van der Waals surface area contributed by atoms with Crippen molar-refractivity contribution >= 4 is 21.2 Å². The first kappa shape index (κ1) is 12.1. The van der Waals surface area contributed by atoms with E-state index in [0.29, 0.717) is 17.4 Å². The molecule has 2 rings (SSSR count). The van der Waals surface area contributed by atoms with E-state index in [2.05, 4.69) is 22.8 Å². The molecule has 0 aliphatic carbocycles. The minimum atomic E-state index is -2.71. The van der Waals surface area contributed by atoms with Crippen LogP contribution in [-0.4, -0.2) is 26.5 Å². The van der Waals surface area contributed by atoms with Crippen molar-refractivity contribution in [2.75, 3.05) is 18.1 Å². The van der Waals surface area contributed by atoms with Crippen molar-refractivity contribution in [1.82, 2.24) is 5.32 Å². The Hall–Kier alpha value is -0.390. The zero-order chi connectivity index (χ0) is 11.4. The van der Waals surface area contributed by atoms with Crippen molar-refractivity contribution in [1.29, 1.82) is 0 Å². The second-order valence-corrected chi connectivity index (χ2v) is 7.64. The number of sulfone groups is 1. The molecule has 5 heteroatoms. The topological polar surface area (TPSA) is 46.2 Å². The van der Waals surface area contributed by atoms with Crippen LogP contribution >= 0.6 is 11.3 Å². The van der Waals surface area contributed by atoms with Crippen LogP contribution in [0.15, 0.2) is 17.5 Å². The summed E-state index contributed by atoms with van der Waals surface area (Å²) in [4.78, 5) is 1.34. The van der Waals surface area contributed by atoms with Crippen LogP contribution in [0.3, 0.4) is 0 Å². The van der Waals surface area contributed by atoms with E-state index in [4.69, 9.17) is 0 Å². The first-order valence-corrected chi connectivity index (χ1v) is 8.29. The van der Waals surface area contributed by atoms with Gasteiger partial charge in [-0.25, -0.2) is 8.42 Å². The van der Waals surface area contributed by atoms with Crippen LogP contribution in [0.2, 0.25) is 0 Å². The molecule has 1 fully saturated rings. The number of hydrogen-bond acceptors (Lipinski definition) is 4. The van der Waals surface area contributed by atoms with Gasteiger partial charge in [-0.05, 0) is 36.8 Å². The lowest BCUT2D eigenvalue weighted by Gasteiger charge is -2.21. The van der Waals surface area contributed by atoms with E-state index in [0.717, 1.165) is 25.9 Å². The Kier molecular flexibility index (Phi) is 4.00. The first-order valence-electron chi connectivity index (χ1n) is 5.59. The molecule has 90 valence electrons. The molecule has 0 atom stereocenters. The second-order valence-electron chi connectivity index (χ2n) is 4.31. The Morgan fingerprint density at radius 3 is 2.75 bits per heavy atom. The highest BCUT2D eigenvalue weighted by molar-refractivity contribution is 7.91. The Morgan fingerprint density at radius 1 is 1.38 bits per heavy atom. The van der Waals surface area contributed by atoms with Gasteiger partial charge in [0.1, 0.15) is 9.84 Å². The molecule has 1 aromatic heterocycles. The van der Waals surface area contributed by atoms with Crippen LogP contribution in [0.5, 0.6) is 0 Å². The molecule has 0 aromatic carbocycles. The Bertz CT molecular complexity index is 397. The molecule has 0 unspecified atom stereocenters. The predicted molar refractivity (Wildman–Crippen MR) is 67.4 cm³/mol. The van der Waals surface area contributed by atoms with E-state index in [-0.39, 0.29) is 0 Å². The Balaban J connectivity index is 1.68. The molecule has 1 aliphatic rings. The summed E-state index contributed by atoms with van der Waals surface area (Å²) in [5, 5.41) is 5.47. The van der Waals surface area contributed by atoms with Gasteiger partial charge < -0.3 is 5.32 Å². The first-order chi connectivity index (χ1) is 7.66. The molecular formula is C11H17NO2S2. The molecule has 1 aliphatic heterocycles. The molecule has 0 bridgehead atoms. The van der Waals surface area contributed by atoms with E-state index in [1.165, 1.54) is 4.88 Å². The molecule has 0 amide bonds. The number of nitrogens with one attached hydrogen (secondary N) is 1. The monoisotopic (exact) mass is 259 g/mol. The summed E-state index contributed by atoms with van der Waals surface area (Å²) in [5.41, 5.74) is 0. The Morgan fingerprint density at radius 2 is 2.12 bits per heavy atom. The van der Waals surface area contributed by atoms with Crippen molar-refractivity contribution in [2.45, 2.75) is 19.4 Å². The van der Waals surface area contributed by atoms with Crippen LogP contribution in [0.25, 0.3) is 0 Å². The van der Waals surface area contributed by atoms with Crippen LogP contribution in [0.4, 0.5) is 0 Å². The smallest absolute Gasteiger partial charge is 0.150 e. The average molecular weight is 259 g/mol. The van der Waals surface area contributed by atoms with Crippen molar-refractivity contribution in [2.24, 2.45) is 5.92 Å². The maximum Gasteiger partial charge on any atom is 0.150 e. The van der Waals surface area contributed by atoms with Crippen LogP contribution in [0, 0.1) is 5.92 Å². The lowest BCUT2D eigenvalue weighted by atomic mass is 10.0. The van der Waals surface area contributed by atoms with Crippen molar-refractivity contribution in [3.05, 3.63) is 22.4 Å². The largest absolute Gasteiger partial charge is 0.312 e. The van der Waals surface area contributed by atoms with Gasteiger partial charge in [-0.2, -0.15) is 0 Å². The van der Waals surface area contributed by atoms with Crippen molar-refractivity contribution in [3.63, 3.8) is 0 Å². The maximum absolute atomic E-state index is 11.2. The van der Waals surface area contributed by atoms with Crippen LogP contribution in [-0.2, 0) is 16.4 Å². The van der Waals surface area contributed by atoms with E-state index >= 15 is 0 Å². The molecule has 0 spiro atoms. The summed E-state index contributed by atoms with van der Waals surface area (Å²) in [5.74, 6) is 1.28. The van der Waals surface area contributed by atoms with Gasteiger partial charge in [-0.15, -0.1) is 11.3 Å². The molecule has 3 nitrogen and oxygen atoms in total.